The van der Waals surface area contributed by atoms with Crippen molar-refractivity contribution in [2.24, 2.45) is 11.8 Å². The van der Waals surface area contributed by atoms with Crippen LogP contribution in [0.15, 0.2) is 42.5 Å². The highest BCUT2D eigenvalue weighted by molar-refractivity contribution is 6.86. The number of piperidine rings is 1. The molecule has 0 spiro atoms. The summed E-state index contributed by atoms with van der Waals surface area (Å²) >= 11 is 0. The zero-order valence-electron chi connectivity index (χ0n) is 14.0. The Morgan fingerprint density at radius 2 is 1.78 bits per heavy atom. The summed E-state index contributed by atoms with van der Waals surface area (Å²) in [5.41, 5.74) is 0.532. The van der Waals surface area contributed by atoms with Gasteiger partial charge in [0.15, 0.2) is 0 Å². The van der Waals surface area contributed by atoms with Gasteiger partial charge in [-0.1, -0.05) is 48.9 Å². The average molecular weight is 328 g/mol. The molecule has 2 nitrogen and oxygen atoms in total. The lowest BCUT2D eigenvalue weighted by Crippen LogP contribution is -2.55. The third-order valence-electron chi connectivity index (χ3n) is 6.42. The van der Waals surface area contributed by atoms with Gasteiger partial charge in [0.1, 0.15) is 0 Å². The summed E-state index contributed by atoms with van der Waals surface area (Å²) in [6.45, 7) is 3.56. The molecule has 4 rings (SSSR count). The second-order valence-electron chi connectivity index (χ2n) is 7.83. The summed E-state index contributed by atoms with van der Waals surface area (Å²) in [5.74, 6) is 1.38. The van der Waals surface area contributed by atoms with Gasteiger partial charge < -0.3 is 9.70 Å². The van der Waals surface area contributed by atoms with Gasteiger partial charge in [-0.3, -0.25) is 0 Å². The third kappa shape index (κ3) is 3.07. The molecular weight excluding hydrogens is 298 g/mol. The molecule has 0 aromatic heterocycles. The van der Waals surface area contributed by atoms with Crippen LogP contribution in [0.25, 0.3) is 0 Å². The van der Waals surface area contributed by atoms with Gasteiger partial charge in [-0.2, -0.15) is 0 Å². The van der Waals surface area contributed by atoms with E-state index in [0.29, 0.717) is 11.5 Å². The van der Waals surface area contributed by atoms with E-state index >= 15 is 0 Å². The molecule has 2 bridgehead atoms. The largest absolute Gasteiger partial charge is 0.427 e. The molecule has 124 valence electrons. The fourth-order valence-electron chi connectivity index (χ4n) is 5.11. The van der Waals surface area contributed by atoms with Crippen LogP contribution in [0.3, 0.4) is 0 Å². The van der Waals surface area contributed by atoms with Crippen molar-refractivity contribution >= 4 is 13.5 Å². The normalized spacial score (nSPS) is 33.0. The van der Waals surface area contributed by atoms with Gasteiger partial charge >= 0.3 is 0 Å². The second kappa shape index (κ2) is 6.54. The first-order valence-corrected chi connectivity index (χ1v) is 11.7. The molecule has 23 heavy (non-hydrogen) atoms. The van der Waals surface area contributed by atoms with E-state index in [1.165, 1.54) is 50.4 Å². The van der Waals surface area contributed by atoms with Crippen LogP contribution < -0.4 is 5.19 Å². The van der Waals surface area contributed by atoms with Crippen molar-refractivity contribution in [3.63, 3.8) is 0 Å². The maximum absolute atomic E-state index is 11.9. The summed E-state index contributed by atoms with van der Waals surface area (Å²) in [6.07, 6.45) is 11.4. The molecule has 1 saturated carbocycles. The fourth-order valence-corrected chi connectivity index (χ4v) is 9.27. The predicted molar refractivity (Wildman–Crippen MR) is 98.3 cm³/mol. The fraction of sp³-hybridized carbons (Fsp3) is 0.600. The number of benzene rings is 1. The Kier molecular flexibility index (Phi) is 4.44. The number of allylic oxidation sites excluding steroid dienone is 2. The first-order chi connectivity index (χ1) is 11.3. The van der Waals surface area contributed by atoms with Crippen LogP contribution in [0.2, 0.25) is 11.6 Å². The Morgan fingerprint density at radius 3 is 2.43 bits per heavy atom. The summed E-state index contributed by atoms with van der Waals surface area (Å²) in [4.78, 5) is 14.5. The minimum atomic E-state index is -2.42. The highest BCUT2D eigenvalue weighted by atomic mass is 28.4. The van der Waals surface area contributed by atoms with E-state index in [9.17, 15) is 4.80 Å². The van der Waals surface area contributed by atoms with Crippen molar-refractivity contribution in [3.05, 3.63) is 42.5 Å². The minimum absolute atomic E-state index is 0.532. The van der Waals surface area contributed by atoms with Crippen LogP contribution in [0.1, 0.15) is 32.1 Å². The lowest BCUT2D eigenvalue weighted by molar-refractivity contribution is 0.236. The molecule has 1 N–H and O–H groups in total. The Labute approximate surface area is 141 Å². The number of likely N-dealkylation sites (tertiary alicyclic amines) is 1. The zero-order chi connectivity index (χ0) is 15.7. The number of rotatable bonds is 5. The Bertz CT molecular complexity index is 554. The first-order valence-electron chi connectivity index (χ1n) is 9.44. The molecule has 0 radical (unpaired) electrons. The number of hydrogen-bond donors (Lipinski definition) is 1. The maximum atomic E-state index is 11.9. The van der Waals surface area contributed by atoms with Gasteiger partial charge in [0.05, 0.1) is 0 Å². The van der Waals surface area contributed by atoms with Crippen LogP contribution in [0.5, 0.6) is 0 Å². The van der Waals surface area contributed by atoms with Crippen molar-refractivity contribution in [1.82, 2.24) is 4.90 Å². The van der Waals surface area contributed by atoms with Crippen LogP contribution in [-0.2, 0) is 0 Å². The Morgan fingerprint density at radius 1 is 1.00 bits per heavy atom. The molecule has 4 atom stereocenters. The highest BCUT2D eigenvalue weighted by Gasteiger charge is 2.50. The lowest BCUT2D eigenvalue weighted by Gasteiger charge is -2.37. The molecule has 1 heterocycles. The lowest BCUT2D eigenvalue weighted by atomic mass is 10.1. The summed E-state index contributed by atoms with van der Waals surface area (Å²) in [5, 5.41) is 1.27. The topological polar surface area (TPSA) is 23.5 Å². The van der Waals surface area contributed by atoms with Crippen molar-refractivity contribution in [2.75, 3.05) is 19.6 Å². The summed E-state index contributed by atoms with van der Waals surface area (Å²) in [7, 11) is -2.42. The third-order valence-corrected chi connectivity index (χ3v) is 10.6. The SMILES string of the molecule is O[Si](CCN1CCCCC1)(c1ccccc1)[C@@H]1C[C@@H]2C=C[C@H]1C2. The Balaban J connectivity index is 1.55. The number of hydrogen-bond acceptors (Lipinski definition) is 2. The van der Waals surface area contributed by atoms with E-state index in [4.69, 9.17) is 0 Å². The second-order valence-corrected chi connectivity index (χ2v) is 11.5. The van der Waals surface area contributed by atoms with E-state index in [0.717, 1.165) is 18.5 Å². The van der Waals surface area contributed by atoms with Crippen LogP contribution >= 0.6 is 0 Å². The van der Waals surface area contributed by atoms with Crippen LogP contribution in [-0.4, -0.2) is 37.6 Å². The van der Waals surface area contributed by atoms with Gasteiger partial charge in [0.25, 0.3) is 0 Å². The molecule has 1 aliphatic heterocycles. The van der Waals surface area contributed by atoms with E-state index in [-0.39, 0.29) is 0 Å². The van der Waals surface area contributed by atoms with Gasteiger partial charge in [0.2, 0.25) is 8.32 Å². The quantitative estimate of drug-likeness (QED) is 0.663. The van der Waals surface area contributed by atoms with Crippen molar-refractivity contribution in [3.8, 4) is 0 Å². The molecule has 3 heteroatoms. The average Bonchev–Trinajstić information content (AvgIpc) is 3.25. The monoisotopic (exact) mass is 327 g/mol. The molecule has 1 unspecified atom stereocenters. The molecule has 1 aromatic rings. The number of fused-ring (bicyclic) bond motifs is 2. The van der Waals surface area contributed by atoms with Crippen LogP contribution in [0, 0.1) is 11.8 Å². The molecule has 1 aromatic carbocycles. The summed E-state index contributed by atoms with van der Waals surface area (Å²) < 4.78 is 0. The molecule has 1 saturated heterocycles. The van der Waals surface area contributed by atoms with Crippen LogP contribution in [0.4, 0.5) is 0 Å². The van der Waals surface area contributed by atoms with E-state index in [1.807, 2.05) is 0 Å². The highest BCUT2D eigenvalue weighted by Crippen LogP contribution is 2.51. The van der Waals surface area contributed by atoms with Crippen molar-refractivity contribution in [2.45, 2.75) is 43.7 Å². The van der Waals surface area contributed by atoms with Gasteiger partial charge in [-0.15, -0.1) is 0 Å². The molecule has 2 fully saturated rings. The standard InChI is InChI=1S/C20H29NOSi/c22-23(19-7-3-1-4-8-19,14-13-21-11-5-2-6-12-21)20-16-17-9-10-18(20)15-17/h1,3-4,7-10,17-18,20,22H,2,5-6,11-16H2/t17-,18+,20-,23?/m1/s1. The van der Waals surface area contributed by atoms with E-state index in [2.05, 4.69) is 47.4 Å². The number of nitrogens with zero attached hydrogens (tertiary/aromatic N) is 1. The zero-order valence-corrected chi connectivity index (χ0v) is 15.0. The van der Waals surface area contributed by atoms with Gasteiger partial charge in [-0.25, -0.2) is 0 Å². The molecule has 0 amide bonds. The van der Waals surface area contributed by atoms with Crippen molar-refractivity contribution < 1.29 is 4.80 Å². The van der Waals surface area contributed by atoms with Gasteiger partial charge in [0, 0.05) is 0 Å². The smallest absolute Gasteiger partial charge is 0.225 e. The first kappa shape index (κ1) is 15.6. The molecular formula is C20H29NOSi. The van der Waals surface area contributed by atoms with Crippen molar-refractivity contribution in [1.29, 1.82) is 0 Å². The van der Waals surface area contributed by atoms with E-state index in [1.54, 1.807) is 0 Å². The minimum Gasteiger partial charge on any atom is -0.427 e. The molecule has 2 aliphatic carbocycles. The van der Waals surface area contributed by atoms with E-state index < -0.39 is 8.32 Å². The summed E-state index contributed by atoms with van der Waals surface area (Å²) in [6, 6.07) is 11.7. The Hall–Kier alpha value is -0.903. The predicted octanol–water partition coefficient (Wildman–Crippen LogP) is 3.28. The molecule has 3 aliphatic rings. The van der Waals surface area contributed by atoms with Gasteiger partial charge in [-0.05, 0) is 73.9 Å². The maximum Gasteiger partial charge on any atom is 0.225 e.